The highest BCUT2D eigenvalue weighted by Gasteiger charge is 2.57. The average molecular weight is 360 g/mol. The molecule has 4 nitrogen and oxygen atoms in total. The van der Waals surface area contributed by atoms with Crippen molar-refractivity contribution in [1.82, 2.24) is 0 Å². The van der Waals surface area contributed by atoms with Crippen LogP contribution in [0.1, 0.15) is 40.0 Å². The van der Waals surface area contributed by atoms with Gasteiger partial charge in [-0.3, -0.25) is 9.59 Å². The van der Waals surface area contributed by atoms with Crippen LogP contribution < -0.4 is 0 Å². The third kappa shape index (κ3) is 4.64. The summed E-state index contributed by atoms with van der Waals surface area (Å²) in [6.07, 6.45) is 0.940. The van der Waals surface area contributed by atoms with Crippen LogP contribution in [-0.2, 0) is 19.1 Å². The van der Waals surface area contributed by atoms with Crippen LogP contribution in [-0.4, -0.2) is 28.9 Å². The molecular weight excluding hydrogens is 339 g/mol. The number of carbonyl (C=O) groups excluding carboxylic acids is 2. The van der Waals surface area contributed by atoms with Crippen LogP contribution in [0.25, 0.3) is 0 Å². The summed E-state index contributed by atoms with van der Waals surface area (Å²) < 4.78 is 8.76. The number of ether oxygens (including phenoxy) is 2. The molecule has 1 saturated carbocycles. The third-order valence-corrected chi connectivity index (χ3v) is 4.37. The molecule has 1 rings (SSSR count). The maximum absolute atomic E-state index is 12.3. The Kier molecular flexibility index (Phi) is 6.63. The second-order valence-electron chi connectivity index (χ2n) is 5.49. The van der Waals surface area contributed by atoms with Crippen LogP contribution in [0.4, 0.5) is 0 Å². The van der Waals surface area contributed by atoms with Gasteiger partial charge in [0, 0.05) is 0 Å². The minimum Gasteiger partial charge on any atom is -0.465 e. The van der Waals surface area contributed by atoms with Crippen molar-refractivity contribution in [2.24, 2.45) is 17.3 Å². The lowest BCUT2D eigenvalue weighted by molar-refractivity contribution is -0.172. The van der Waals surface area contributed by atoms with E-state index in [2.05, 4.69) is 0 Å². The zero-order chi connectivity index (χ0) is 16.3. The van der Waals surface area contributed by atoms with E-state index in [4.69, 9.17) is 44.3 Å². The molecule has 2 atom stereocenters. The first-order valence-corrected chi connectivity index (χ1v) is 8.20. The van der Waals surface area contributed by atoms with Crippen molar-refractivity contribution in [3.63, 3.8) is 0 Å². The summed E-state index contributed by atoms with van der Waals surface area (Å²) in [7, 11) is 0. The molecule has 0 amide bonds. The Morgan fingerprint density at radius 1 is 1.10 bits per heavy atom. The molecule has 0 aromatic heterocycles. The maximum atomic E-state index is 12.3. The van der Waals surface area contributed by atoms with E-state index in [1.54, 1.807) is 13.8 Å². The molecule has 0 spiro atoms. The van der Waals surface area contributed by atoms with Gasteiger partial charge in [0.1, 0.15) is 0 Å². The number of alkyl halides is 3. The van der Waals surface area contributed by atoms with E-state index in [1.165, 1.54) is 0 Å². The van der Waals surface area contributed by atoms with Crippen LogP contribution in [0.2, 0.25) is 0 Å². The van der Waals surface area contributed by atoms with Crippen molar-refractivity contribution in [3.8, 4) is 0 Å². The fourth-order valence-electron chi connectivity index (χ4n) is 2.97. The summed E-state index contributed by atoms with van der Waals surface area (Å²) >= 11 is 17.6. The second kappa shape index (κ2) is 7.38. The van der Waals surface area contributed by atoms with E-state index >= 15 is 0 Å². The van der Waals surface area contributed by atoms with Gasteiger partial charge in [-0.05, 0) is 44.9 Å². The zero-order valence-corrected chi connectivity index (χ0v) is 14.7. The van der Waals surface area contributed by atoms with Gasteiger partial charge >= 0.3 is 11.9 Å². The van der Waals surface area contributed by atoms with Crippen LogP contribution in [0.15, 0.2) is 0 Å². The van der Waals surface area contributed by atoms with E-state index in [-0.39, 0.29) is 25.0 Å². The van der Waals surface area contributed by atoms with Crippen LogP contribution in [0, 0.1) is 17.3 Å². The highest BCUT2D eigenvalue weighted by Crippen LogP contribution is 2.51. The Labute approximate surface area is 140 Å². The van der Waals surface area contributed by atoms with Crippen molar-refractivity contribution >= 4 is 46.7 Å². The Bertz CT molecular complexity index is 374. The molecule has 0 N–H and O–H groups in total. The molecule has 0 radical (unpaired) electrons. The fourth-order valence-corrected chi connectivity index (χ4v) is 3.57. The van der Waals surface area contributed by atoms with E-state index in [9.17, 15) is 9.59 Å². The number of esters is 2. The van der Waals surface area contributed by atoms with Gasteiger partial charge < -0.3 is 9.47 Å². The Morgan fingerprint density at radius 3 is 1.95 bits per heavy atom. The van der Waals surface area contributed by atoms with Crippen molar-refractivity contribution in [2.75, 3.05) is 13.2 Å². The standard InChI is InChI=1S/C14H21Cl3O4/c1-4-20-11(18)13(12(19)21-5-2)6-9(3)10(7-13)8-14(15,16)17/h9-10H,4-8H2,1-3H3/t9-,10-/m1/s1. The van der Waals surface area contributed by atoms with E-state index in [0.29, 0.717) is 19.3 Å². The SMILES string of the molecule is CCOC(=O)C1(C(=O)OCC)C[C@H](CC(Cl)(Cl)Cl)[C@H](C)C1. The molecule has 7 heteroatoms. The maximum Gasteiger partial charge on any atom is 0.323 e. The predicted octanol–water partition coefficient (Wildman–Crippen LogP) is 3.91. The normalized spacial score (nSPS) is 24.7. The summed E-state index contributed by atoms with van der Waals surface area (Å²) in [4.78, 5) is 24.6. The van der Waals surface area contributed by atoms with E-state index in [0.717, 1.165) is 0 Å². The van der Waals surface area contributed by atoms with Gasteiger partial charge in [0.05, 0.1) is 13.2 Å². The van der Waals surface area contributed by atoms with Gasteiger partial charge in [-0.1, -0.05) is 41.7 Å². The summed E-state index contributed by atoms with van der Waals surface area (Å²) in [5.74, 6) is -1.06. The number of rotatable bonds is 5. The lowest BCUT2D eigenvalue weighted by Crippen LogP contribution is -2.40. The van der Waals surface area contributed by atoms with E-state index in [1.807, 2.05) is 6.92 Å². The topological polar surface area (TPSA) is 52.6 Å². The van der Waals surface area contributed by atoms with Gasteiger partial charge in [0.2, 0.25) is 0 Å². The predicted molar refractivity (Wildman–Crippen MR) is 82.5 cm³/mol. The van der Waals surface area contributed by atoms with Crippen LogP contribution in [0.5, 0.6) is 0 Å². The first-order valence-electron chi connectivity index (χ1n) is 7.07. The van der Waals surface area contributed by atoms with Crippen molar-refractivity contribution < 1.29 is 19.1 Å². The molecule has 0 aromatic rings. The van der Waals surface area contributed by atoms with Gasteiger partial charge in [-0.15, -0.1) is 0 Å². The number of carbonyl (C=O) groups is 2. The first kappa shape index (κ1) is 18.9. The minimum atomic E-state index is -1.40. The fraction of sp³-hybridized carbons (Fsp3) is 0.857. The average Bonchev–Trinajstić information content (AvgIpc) is 2.66. The molecule has 0 saturated heterocycles. The lowest BCUT2D eigenvalue weighted by atomic mass is 9.84. The second-order valence-corrected chi connectivity index (χ2v) is 8.00. The highest BCUT2D eigenvalue weighted by molar-refractivity contribution is 6.67. The molecule has 0 bridgehead atoms. The summed E-state index contributed by atoms with van der Waals surface area (Å²) in [5.41, 5.74) is -1.27. The molecular formula is C14H21Cl3O4. The van der Waals surface area contributed by atoms with Crippen LogP contribution in [0.3, 0.4) is 0 Å². The number of hydrogen-bond acceptors (Lipinski definition) is 4. The molecule has 0 aromatic carbocycles. The molecule has 21 heavy (non-hydrogen) atoms. The molecule has 0 unspecified atom stereocenters. The molecule has 1 fully saturated rings. The largest absolute Gasteiger partial charge is 0.465 e. The van der Waals surface area contributed by atoms with Crippen molar-refractivity contribution in [1.29, 1.82) is 0 Å². The van der Waals surface area contributed by atoms with Gasteiger partial charge in [-0.2, -0.15) is 0 Å². The monoisotopic (exact) mass is 358 g/mol. The third-order valence-electron chi connectivity index (χ3n) is 3.91. The summed E-state index contributed by atoms with van der Waals surface area (Å²) in [6, 6.07) is 0. The smallest absolute Gasteiger partial charge is 0.323 e. The minimum absolute atomic E-state index is 0.0497. The van der Waals surface area contributed by atoms with Gasteiger partial charge in [0.25, 0.3) is 0 Å². The van der Waals surface area contributed by atoms with E-state index < -0.39 is 21.1 Å². The quantitative estimate of drug-likeness (QED) is 0.424. The van der Waals surface area contributed by atoms with Gasteiger partial charge in [-0.25, -0.2) is 0 Å². The Balaban J connectivity index is 3.00. The van der Waals surface area contributed by atoms with Crippen molar-refractivity contribution in [2.45, 2.75) is 43.8 Å². The molecule has 0 aliphatic heterocycles. The van der Waals surface area contributed by atoms with Gasteiger partial charge in [0.15, 0.2) is 9.21 Å². The molecule has 0 heterocycles. The lowest BCUT2D eigenvalue weighted by Gasteiger charge is -2.25. The Morgan fingerprint density at radius 2 is 1.57 bits per heavy atom. The summed E-state index contributed by atoms with van der Waals surface area (Å²) in [5, 5.41) is 0. The number of hydrogen-bond donors (Lipinski definition) is 0. The first-order chi connectivity index (χ1) is 9.66. The molecule has 1 aliphatic rings. The van der Waals surface area contributed by atoms with Crippen molar-refractivity contribution in [3.05, 3.63) is 0 Å². The highest BCUT2D eigenvalue weighted by atomic mass is 35.6. The summed E-state index contributed by atoms with van der Waals surface area (Å²) in [6.45, 7) is 5.77. The van der Waals surface area contributed by atoms with Crippen LogP contribution >= 0.6 is 34.8 Å². The Hall–Kier alpha value is -0.190. The molecule has 1 aliphatic carbocycles. The molecule has 122 valence electrons. The zero-order valence-electron chi connectivity index (χ0n) is 12.5. The number of halogens is 3.